The molecular formula is C9H9ClF2N2O2. The van der Waals surface area contributed by atoms with Gasteiger partial charge in [0.25, 0.3) is 6.43 Å². The second kappa shape index (κ2) is 5.07. The Morgan fingerprint density at radius 1 is 1.69 bits per heavy atom. The van der Waals surface area contributed by atoms with Gasteiger partial charge in [0.05, 0.1) is 29.9 Å². The number of pyridine rings is 1. The number of nitrogen functional groups attached to an aromatic ring is 1. The van der Waals surface area contributed by atoms with Gasteiger partial charge in [0, 0.05) is 0 Å². The predicted octanol–water partition coefficient (Wildman–Crippen LogP) is 1.97. The molecule has 0 spiro atoms. The number of ether oxygens (including phenoxy) is 1. The predicted molar refractivity (Wildman–Crippen MR) is 54.3 cm³/mol. The Bertz CT molecular complexity index is 413. The lowest BCUT2D eigenvalue weighted by Gasteiger charge is -2.08. The van der Waals surface area contributed by atoms with Gasteiger partial charge in [-0.15, -0.1) is 0 Å². The fourth-order valence-corrected chi connectivity index (χ4v) is 1.26. The van der Waals surface area contributed by atoms with Crippen molar-refractivity contribution >= 4 is 23.3 Å². The Labute approximate surface area is 95.4 Å². The molecule has 1 rings (SSSR count). The van der Waals surface area contributed by atoms with Crippen LogP contribution in [0.25, 0.3) is 0 Å². The number of halogens is 3. The van der Waals surface area contributed by atoms with Crippen molar-refractivity contribution in [3.05, 3.63) is 22.5 Å². The van der Waals surface area contributed by atoms with Crippen LogP contribution in [-0.2, 0) is 16.0 Å². The van der Waals surface area contributed by atoms with Crippen molar-refractivity contribution in [2.75, 3.05) is 12.8 Å². The molecule has 0 saturated carbocycles. The summed E-state index contributed by atoms with van der Waals surface area (Å²) in [7, 11) is 1.19. The summed E-state index contributed by atoms with van der Waals surface area (Å²) < 4.78 is 29.4. The van der Waals surface area contributed by atoms with E-state index in [0.29, 0.717) is 0 Å². The van der Waals surface area contributed by atoms with E-state index in [9.17, 15) is 13.6 Å². The molecule has 0 fully saturated rings. The third kappa shape index (κ3) is 2.79. The maximum atomic E-state index is 12.5. The summed E-state index contributed by atoms with van der Waals surface area (Å²) in [6.45, 7) is 0. The quantitative estimate of drug-likeness (QED) is 0.833. The highest BCUT2D eigenvalue weighted by molar-refractivity contribution is 6.33. The lowest BCUT2D eigenvalue weighted by atomic mass is 10.2. The minimum atomic E-state index is -2.84. The van der Waals surface area contributed by atoms with E-state index in [-0.39, 0.29) is 22.8 Å². The summed E-state index contributed by atoms with van der Waals surface area (Å²) in [5, 5.41) is -0.288. The first kappa shape index (κ1) is 12.6. The van der Waals surface area contributed by atoms with Crippen LogP contribution in [0.1, 0.15) is 17.8 Å². The van der Waals surface area contributed by atoms with Crippen LogP contribution in [0.4, 0.5) is 14.5 Å². The first-order valence-corrected chi connectivity index (χ1v) is 4.63. The fourth-order valence-electron chi connectivity index (χ4n) is 1.08. The first-order chi connectivity index (χ1) is 7.45. The number of anilines is 1. The van der Waals surface area contributed by atoms with E-state index in [1.807, 2.05) is 0 Å². The Kier molecular flexibility index (Phi) is 4.00. The number of esters is 1. The highest BCUT2D eigenvalue weighted by Crippen LogP contribution is 2.30. The summed E-state index contributed by atoms with van der Waals surface area (Å²) >= 11 is 5.55. The number of hydrogen-bond donors (Lipinski definition) is 1. The van der Waals surface area contributed by atoms with Crippen molar-refractivity contribution in [1.29, 1.82) is 0 Å². The number of nitrogens with two attached hydrogens (primary N) is 1. The van der Waals surface area contributed by atoms with Gasteiger partial charge >= 0.3 is 5.97 Å². The van der Waals surface area contributed by atoms with E-state index in [4.69, 9.17) is 17.3 Å². The third-order valence-electron chi connectivity index (χ3n) is 1.82. The lowest BCUT2D eigenvalue weighted by molar-refractivity contribution is -0.139. The summed E-state index contributed by atoms with van der Waals surface area (Å²) in [5.41, 5.74) is 4.86. The number of methoxy groups -OCH3 is 1. The van der Waals surface area contributed by atoms with Crippen molar-refractivity contribution in [1.82, 2.24) is 4.98 Å². The molecule has 2 N–H and O–H groups in total. The Morgan fingerprint density at radius 2 is 2.31 bits per heavy atom. The van der Waals surface area contributed by atoms with Crippen molar-refractivity contribution < 1.29 is 18.3 Å². The first-order valence-electron chi connectivity index (χ1n) is 4.25. The maximum absolute atomic E-state index is 12.5. The van der Waals surface area contributed by atoms with E-state index in [2.05, 4.69) is 9.72 Å². The van der Waals surface area contributed by atoms with Crippen LogP contribution < -0.4 is 5.73 Å². The van der Waals surface area contributed by atoms with Crippen molar-refractivity contribution in [3.8, 4) is 0 Å². The van der Waals surface area contributed by atoms with Crippen molar-refractivity contribution in [3.63, 3.8) is 0 Å². The number of hydrogen-bond acceptors (Lipinski definition) is 4. The highest BCUT2D eigenvalue weighted by Gasteiger charge is 2.18. The summed E-state index contributed by atoms with van der Waals surface area (Å²) in [5.74, 6) is -0.588. The number of nitrogens with zero attached hydrogens (tertiary/aromatic N) is 1. The van der Waals surface area contributed by atoms with E-state index < -0.39 is 18.1 Å². The third-order valence-corrected chi connectivity index (χ3v) is 2.24. The van der Waals surface area contributed by atoms with E-state index in [1.165, 1.54) is 13.2 Å². The molecule has 0 saturated heterocycles. The molecule has 1 heterocycles. The number of aromatic nitrogens is 1. The van der Waals surface area contributed by atoms with Gasteiger partial charge in [0.1, 0.15) is 5.69 Å². The molecule has 0 aromatic carbocycles. The van der Waals surface area contributed by atoms with Crippen molar-refractivity contribution in [2.24, 2.45) is 0 Å². The van der Waals surface area contributed by atoms with Gasteiger partial charge in [0.15, 0.2) is 0 Å². The van der Waals surface area contributed by atoms with Gasteiger partial charge in [-0.2, -0.15) is 0 Å². The molecule has 1 aromatic rings. The minimum Gasteiger partial charge on any atom is -0.469 e. The molecule has 0 radical (unpaired) electrons. The molecule has 0 aliphatic carbocycles. The van der Waals surface area contributed by atoms with Crippen LogP contribution in [-0.4, -0.2) is 18.1 Å². The van der Waals surface area contributed by atoms with Gasteiger partial charge < -0.3 is 10.5 Å². The molecule has 16 heavy (non-hydrogen) atoms. The Balaban J connectivity index is 3.09. The zero-order valence-corrected chi connectivity index (χ0v) is 9.09. The average Bonchev–Trinajstić information content (AvgIpc) is 2.22. The smallest absolute Gasteiger partial charge is 0.311 e. The second-order valence-electron chi connectivity index (χ2n) is 2.96. The molecular weight excluding hydrogens is 242 g/mol. The summed E-state index contributed by atoms with van der Waals surface area (Å²) in [6, 6.07) is 1.27. The van der Waals surface area contributed by atoms with Crippen LogP contribution >= 0.6 is 11.6 Å². The largest absolute Gasteiger partial charge is 0.469 e. The Morgan fingerprint density at radius 3 is 2.81 bits per heavy atom. The van der Waals surface area contributed by atoms with Crippen molar-refractivity contribution in [2.45, 2.75) is 12.8 Å². The number of carbonyl (C=O) groups is 1. The van der Waals surface area contributed by atoms with Gasteiger partial charge in [-0.1, -0.05) is 11.6 Å². The minimum absolute atomic E-state index is 0.0362. The van der Waals surface area contributed by atoms with Crippen LogP contribution in [0.15, 0.2) is 6.07 Å². The van der Waals surface area contributed by atoms with Crippen LogP contribution in [0.2, 0.25) is 5.02 Å². The number of carbonyl (C=O) groups excluding carboxylic acids is 1. The summed E-state index contributed by atoms with van der Waals surface area (Å²) in [6.07, 6.45) is -3.06. The molecule has 4 nitrogen and oxygen atoms in total. The highest BCUT2D eigenvalue weighted by atomic mass is 35.5. The molecule has 0 atom stereocenters. The maximum Gasteiger partial charge on any atom is 0.311 e. The van der Waals surface area contributed by atoms with Crippen LogP contribution in [0.5, 0.6) is 0 Å². The van der Waals surface area contributed by atoms with Gasteiger partial charge in [0.2, 0.25) is 0 Å². The SMILES string of the molecule is COC(=O)Cc1cc(N)c(Cl)c(C(F)F)n1. The Hall–Kier alpha value is -1.43. The normalized spacial score (nSPS) is 10.6. The number of rotatable bonds is 3. The van der Waals surface area contributed by atoms with E-state index in [0.717, 1.165) is 0 Å². The monoisotopic (exact) mass is 250 g/mol. The molecule has 0 aliphatic heterocycles. The zero-order chi connectivity index (χ0) is 12.3. The average molecular weight is 251 g/mol. The standard InChI is InChI=1S/C9H9ClF2N2O2/c1-16-6(15)3-4-2-5(13)7(10)8(14-4)9(11)12/h2,9H,3H2,1H3,(H2,13,14). The van der Waals surface area contributed by atoms with E-state index >= 15 is 0 Å². The molecule has 0 unspecified atom stereocenters. The molecule has 0 aliphatic rings. The van der Waals surface area contributed by atoms with Crippen LogP contribution in [0, 0.1) is 0 Å². The number of alkyl halides is 2. The zero-order valence-electron chi connectivity index (χ0n) is 8.34. The fraction of sp³-hybridized carbons (Fsp3) is 0.333. The molecule has 1 aromatic heterocycles. The second-order valence-corrected chi connectivity index (χ2v) is 3.33. The van der Waals surface area contributed by atoms with E-state index in [1.54, 1.807) is 0 Å². The molecule has 0 bridgehead atoms. The van der Waals surface area contributed by atoms with Gasteiger partial charge in [-0.25, -0.2) is 13.8 Å². The molecule has 88 valence electrons. The molecule has 7 heteroatoms. The van der Waals surface area contributed by atoms with Gasteiger partial charge in [-0.05, 0) is 6.07 Å². The topological polar surface area (TPSA) is 65.2 Å². The molecule has 0 amide bonds. The lowest BCUT2D eigenvalue weighted by Crippen LogP contribution is -2.09. The summed E-state index contributed by atoms with van der Waals surface area (Å²) in [4.78, 5) is 14.5. The van der Waals surface area contributed by atoms with Gasteiger partial charge in [-0.3, -0.25) is 4.79 Å². The van der Waals surface area contributed by atoms with Crippen LogP contribution in [0.3, 0.4) is 0 Å².